The van der Waals surface area contributed by atoms with Gasteiger partial charge >= 0.3 is 5.69 Å². The van der Waals surface area contributed by atoms with E-state index in [1.54, 1.807) is 0 Å². The molecule has 8 heteroatoms. The molecule has 0 aliphatic heterocycles. The molecule has 0 radical (unpaired) electrons. The van der Waals surface area contributed by atoms with E-state index in [0.717, 1.165) is 0 Å². The lowest BCUT2D eigenvalue weighted by Gasteiger charge is -1.95. The van der Waals surface area contributed by atoms with Crippen LogP contribution < -0.4 is 0 Å². The molecule has 0 bridgehead atoms. The third kappa shape index (κ3) is 1.19. The highest BCUT2D eigenvalue weighted by molar-refractivity contribution is 6.39. The second kappa shape index (κ2) is 3.07. The second-order valence-electron chi connectivity index (χ2n) is 2.41. The van der Waals surface area contributed by atoms with Gasteiger partial charge in [-0.15, -0.1) is 0 Å². The lowest BCUT2D eigenvalue weighted by molar-refractivity contribution is -0.383. The summed E-state index contributed by atoms with van der Waals surface area (Å²) >= 11 is 11.3. The Morgan fingerprint density at radius 3 is 2.57 bits per heavy atom. The van der Waals surface area contributed by atoms with Gasteiger partial charge in [-0.25, -0.2) is 4.63 Å². The molecule has 72 valence electrons. The molecule has 14 heavy (non-hydrogen) atoms. The highest BCUT2D eigenvalue weighted by atomic mass is 35.5. The number of nitrogens with zero attached hydrogens (tertiary/aromatic N) is 3. The Bertz CT molecular complexity index is 524. The molecule has 0 fully saturated rings. The molecule has 0 atom stereocenters. The summed E-state index contributed by atoms with van der Waals surface area (Å²) in [4.78, 5) is 9.95. The van der Waals surface area contributed by atoms with Gasteiger partial charge in [-0.2, -0.15) is 0 Å². The summed E-state index contributed by atoms with van der Waals surface area (Å²) in [6.45, 7) is 0. The van der Waals surface area contributed by atoms with Gasteiger partial charge in [0.2, 0.25) is 5.52 Å². The van der Waals surface area contributed by atoms with Crippen molar-refractivity contribution in [3.8, 4) is 0 Å². The van der Waals surface area contributed by atoms with Gasteiger partial charge in [0, 0.05) is 0 Å². The van der Waals surface area contributed by atoms with Crippen LogP contribution in [0.1, 0.15) is 0 Å². The molecule has 2 rings (SSSR count). The molecule has 6 nitrogen and oxygen atoms in total. The molecule has 0 unspecified atom stereocenters. The van der Waals surface area contributed by atoms with Crippen molar-refractivity contribution in [2.45, 2.75) is 0 Å². The van der Waals surface area contributed by atoms with Crippen LogP contribution in [0, 0.1) is 10.1 Å². The largest absolute Gasteiger partial charge is 0.319 e. The number of halogens is 2. The van der Waals surface area contributed by atoms with Crippen molar-refractivity contribution in [1.82, 2.24) is 10.3 Å². The van der Waals surface area contributed by atoms with Crippen LogP contribution >= 0.6 is 23.2 Å². The molecule has 0 amide bonds. The molecular formula is C6HCl2N3O3. The fraction of sp³-hybridized carbons (Fsp3) is 0. The van der Waals surface area contributed by atoms with Crippen molar-refractivity contribution >= 4 is 39.9 Å². The predicted molar refractivity (Wildman–Crippen MR) is 48.5 cm³/mol. The Hall–Kier alpha value is -1.40. The molecule has 0 N–H and O–H groups in total. The Morgan fingerprint density at radius 1 is 1.29 bits per heavy atom. The minimum absolute atomic E-state index is 0.0486. The zero-order valence-electron chi connectivity index (χ0n) is 6.40. The summed E-state index contributed by atoms with van der Waals surface area (Å²) in [6, 6.07) is 1.23. The van der Waals surface area contributed by atoms with Crippen LogP contribution in [0.5, 0.6) is 0 Å². The fourth-order valence-corrected chi connectivity index (χ4v) is 1.59. The number of fused-ring (bicyclic) bond motifs is 1. The smallest absolute Gasteiger partial charge is 0.258 e. The molecular weight excluding hydrogens is 233 g/mol. The summed E-state index contributed by atoms with van der Waals surface area (Å²) in [5, 5.41) is 17.5. The minimum atomic E-state index is -0.662. The topological polar surface area (TPSA) is 82.1 Å². The number of rotatable bonds is 1. The van der Waals surface area contributed by atoms with Gasteiger partial charge in [0.25, 0.3) is 0 Å². The first kappa shape index (κ1) is 9.17. The van der Waals surface area contributed by atoms with Gasteiger partial charge in [0.1, 0.15) is 5.02 Å². The van der Waals surface area contributed by atoms with Crippen LogP contribution in [-0.2, 0) is 0 Å². The molecule has 0 aliphatic rings. The maximum absolute atomic E-state index is 10.6. The van der Waals surface area contributed by atoms with Crippen molar-refractivity contribution in [1.29, 1.82) is 0 Å². The molecule has 0 aliphatic carbocycles. The number of benzene rings is 1. The first-order valence-corrected chi connectivity index (χ1v) is 4.11. The van der Waals surface area contributed by atoms with E-state index in [2.05, 4.69) is 14.9 Å². The minimum Gasteiger partial charge on any atom is -0.258 e. The average molecular weight is 234 g/mol. The Balaban J connectivity index is 2.93. The van der Waals surface area contributed by atoms with E-state index in [4.69, 9.17) is 23.2 Å². The van der Waals surface area contributed by atoms with Crippen LogP contribution in [-0.4, -0.2) is 15.2 Å². The van der Waals surface area contributed by atoms with Gasteiger partial charge in [0.15, 0.2) is 5.52 Å². The first-order valence-electron chi connectivity index (χ1n) is 3.36. The lowest BCUT2D eigenvalue weighted by Crippen LogP contribution is -1.91. The zero-order chi connectivity index (χ0) is 10.3. The van der Waals surface area contributed by atoms with Crippen molar-refractivity contribution in [3.05, 3.63) is 26.2 Å². The van der Waals surface area contributed by atoms with Crippen LogP contribution in [0.4, 0.5) is 5.69 Å². The van der Waals surface area contributed by atoms with E-state index in [0.29, 0.717) is 0 Å². The third-order valence-corrected chi connectivity index (χ3v) is 2.18. The van der Waals surface area contributed by atoms with Gasteiger partial charge < -0.3 is 0 Å². The van der Waals surface area contributed by atoms with E-state index < -0.39 is 4.92 Å². The summed E-state index contributed by atoms with van der Waals surface area (Å²) in [5.41, 5.74) is -0.275. The third-order valence-electron chi connectivity index (χ3n) is 1.60. The highest BCUT2D eigenvalue weighted by Gasteiger charge is 2.23. The second-order valence-corrected chi connectivity index (χ2v) is 3.22. The van der Waals surface area contributed by atoms with Crippen LogP contribution in [0.3, 0.4) is 0 Å². The highest BCUT2D eigenvalue weighted by Crippen LogP contribution is 2.35. The van der Waals surface area contributed by atoms with E-state index in [1.807, 2.05) is 0 Å². The van der Waals surface area contributed by atoms with Crippen molar-refractivity contribution in [3.63, 3.8) is 0 Å². The predicted octanol–water partition coefficient (Wildman–Crippen LogP) is 2.44. The van der Waals surface area contributed by atoms with Gasteiger partial charge in [-0.3, -0.25) is 10.1 Å². The van der Waals surface area contributed by atoms with Crippen molar-refractivity contribution in [2.75, 3.05) is 0 Å². The molecule has 0 saturated heterocycles. The Morgan fingerprint density at radius 2 is 1.93 bits per heavy atom. The average Bonchev–Trinajstić information content (AvgIpc) is 2.51. The van der Waals surface area contributed by atoms with Crippen LogP contribution in [0.25, 0.3) is 11.0 Å². The molecule has 2 aromatic rings. The number of hydrogen-bond acceptors (Lipinski definition) is 5. The zero-order valence-corrected chi connectivity index (χ0v) is 7.91. The molecule has 1 heterocycles. The van der Waals surface area contributed by atoms with Gasteiger partial charge in [-0.1, -0.05) is 23.2 Å². The number of hydrogen-bond donors (Lipinski definition) is 0. The molecule has 0 saturated carbocycles. The summed E-state index contributed by atoms with van der Waals surface area (Å²) in [5.74, 6) is 0. The maximum atomic E-state index is 10.6. The van der Waals surface area contributed by atoms with Crippen LogP contribution in [0.15, 0.2) is 10.7 Å². The van der Waals surface area contributed by atoms with E-state index >= 15 is 0 Å². The summed E-state index contributed by atoms with van der Waals surface area (Å²) < 4.78 is 4.34. The van der Waals surface area contributed by atoms with Gasteiger partial charge in [-0.05, 0) is 16.4 Å². The van der Waals surface area contributed by atoms with E-state index in [1.165, 1.54) is 6.07 Å². The Labute approximate surface area is 86.5 Å². The number of aromatic nitrogens is 2. The Kier molecular flexibility index (Phi) is 2.01. The monoisotopic (exact) mass is 233 g/mol. The molecule has 1 aromatic carbocycles. The normalized spacial score (nSPS) is 10.7. The summed E-state index contributed by atoms with van der Waals surface area (Å²) in [7, 11) is 0. The van der Waals surface area contributed by atoms with E-state index in [-0.39, 0.29) is 26.8 Å². The number of nitro groups is 1. The summed E-state index contributed by atoms with van der Waals surface area (Å²) in [6.07, 6.45) is 0. The SMILES string of the molecule is O=[N+]([O-])c1c(Cl)cc(Cl)c2nonc12. The van der Waals surface area contributed by atoms with E-state index in [9.17, 15) is 10.1 Å². The molecule has 0 spiro atoms. The van der Waals surface area contributed by atoms with Crippen LogP contribution in [0.2, 0.25) is 10.0 Å². The maximum Gasteiger partial charge on any atom is 0.319 e. The first-order chi connectivity index (χ1) is 6.61. The standard InChI is InChI=1S/C6HCl2N3O3/c7-2-1-3(8)6(11(12)13)5-4(2)9-14-10-5/h1H. The lowest BCUT2D eigenvalue weighted by atomic mass is 10.2. The quantitative estimate of drug-likeness (QED) is 0.558. The number of nitro benzene ring substituents is 1. The van der Waals surface area contributed by atoms with Gasteiger partial charge in [0.05, 0.1) is 9.95 Å². The van der Waals surface area contributed by atoms with Crippen molar-refractivity contribution < 1.29 is 9.55 Å². The fourth-order valence-electron chi connectivity index (χ4n) is 1.04. The van der Waals surface area contributed by atoms with Crippen molar-refractivity contribution in [2.24, 2.45) is 0 Å². The molecule has 1 aromatic heterocycles.